The van der Waals surface area contributed by atoms with E-state index in [2.05, 4.69) is 29.1 Å². The van der Waals surface area contributed by atoms with Crippen LogP contribution in [0.25, 0.3) is 0 Å². The second-order valence-corrected chi connectivity index (χ2v) is 3.88. The van der Waals surface area contributed by atoms with Gasteiger partial charge in [0.05, 0.1) is 13.1 Å². The zero-order valence-electron chi connectivity index (χ0n) is 8.45. The molecule has 0 atom stereocenters. The van der Waals surface area contributed by atoms with E-state index in [0.29, 0.717) is 0 Å². The molecule has 3 nitrogen and oxygen atoms in total. The largest absolute Gasteiger partial charge is 0.466 e. The summed E-state index contributed by atoms with van der Waals surface area (Å²) in [5, 5.41) is 0. The molecule has 76 valence electrons. The molecule has 1 aromatic rings. The van der Waals surface area contributed by atoms with Crippen LogP contribution in [0.15, 0.2) is 24.5 Å². The summed E-state index contributed by atoms with van der Waals surface area (Å²) in [4.78, 5) is 7.89. The standard InChI is InChI=1S/C11H17N3/c1-13-6-8-14(9-7-13)10-11-2-4-12-5-3-11/h2-5,13H,1,6-10H2. The fourth-order valence-corrected chi connectivity index (χ4v) is 1.77. The van der Waals surface area contributed by atoms with Gasteiger partial charge in [-0.1, -0.05) is 0 Å². The Morgan fingerprint density at radius 2 is 1.93 bits per heavy atom. The first-order valence-corrected chi connectivity index (χ1v) is 5.12. The summed E-state index contributed by atoms with van der Waals surface area (Å²) in [5.74, 6) is 0. The molecule has 1 fully saturated rings. The smallest absolute Gasteiger partial charge is 0.0660 e. The van der Waals surface area contributed by atoms with Crippen molar-refractivity contribution >= 4 is 0 Å². The summed E-state index contributed by atoms with van der Waals surface area (Å²) in [6.45, 7) is 5.67. The molecule has 0 saturated carbocycles. The van der Waals surface area contributed by atoms with E-state index in [1.54, 1.807) is 0 Å². The summed E-state index contributed by atoms with van der Waals surface area (Å²) in [7, 11) is 4.02. The molecule has 0 bridgehead atoms. The lowest BCUT2D eigenvalue weighted by atomic mass is 10.2. The van der Waals surface area contributed by atoms with Gasteiger partial charge in [-0.25, -0.2) is 0 Å². The zero-order valence-corrected chi connectivity index (χ0v) is 8.45. The Morgan fingerprint density at radius 3 is 2.57 bits per heavy atom. The molecule has 0 aliphatic carbocycles. The molecule has 0 aromatic carbocycles. The number of quaternary nitrogens is 1. The molecule has 0 unspecified atom stereocenters. The first-order chi connectivity index (χ1) is 6.84. The fourth-order valence-electron chi connectivity index (χ4n) is 1.77. The maximum atomic E-state index is 4.02. The lowest BCUT2D eigenvalue weighted by Gasteiger charge is -2.33. The molecular formula is C11H17N3. The van der Waals surface area contributed by atoms with E-state index in [-0.39, 0.29) is 0 Å². The van der Waals surface area contributed by atoms with Gasteiger partial charge in [0.2, 0.25) is 0 Å². The van der Waals surface area contributed by atoms with E-state index in [9.17, 15) is 0 Å². The molecule has 1 aliphatic heterocycles. The maximum absolute atomic E-state index is 4.02. The van der Waals surface area contributed by atoms with E-state index in [4.69, 9.17) is 0 Å². The fraction of sp³-hybridized carbons (Fsp3) is 0.455. The van der Waals surface area contributed by atoms with Crippen LogP contribution in [0, 0.1) is 7.05 Å². The van der Waals surface area contributed by atoms with Gasteiger partial charge < -0.3 is 4.90 Å². The van der Waals surface area contributed by atoms with Gasteiger partial charge in [-0.15, -0.1) is 0 Å². The second-order valence-electron chi connectivity index (χ2n) is 3.88. The van der Waals surface area contributed by atoms with Gasteiger partial charge in [0, 0.05) is 32.0 Å². The predicted octanol–water partition coefficient (Wildman–Crippen LogP) is -0.426. The Balaban J connectivity index is 1.87. The van der Waals surface area contributed by atoms with E-state index >= 15 is 0 Å². The number of aromatic nitrogens is 1. The summed E-state index contributed by atoms with van der Waals surface area (Å²) < 4.78 is 0. The van der Waals surface area contributed by atoms with Crippen molar-refractivity contribution in [2.45, 2.75) is 6.54 Å². The molecule has 1 saturated heterocycles. The highest BCUT2D eigenvalue weighted by molar-refractivity contribution is 5.09. The van der Waals surface area contributed by atoms with Crippen molar-refractivity contribution in [3.63, 3.8) is 0 Å². The van der Waals surface area contributed by atoms with Gasteiger partial charge in [0.15, 0.2) is 0 Å². The number of pyridine rings is 1. The number of hydrogen-bond acceptors (Lipinski definition) is 2. The Bertz CT molecular complexity index is 265. The Hall–Kier alpha value is -0.930. The van der Waals surface area contributed by atoms with Gasteiger partial charge in [0.1, 0.15) is 0 Å². The highest BCUT2D eigenvalue weighted by Crippen LogP contribution is 2.02. The van der Waals surface area contributed by atoms with E-state index < -0.39 is 0 Å². The van der Waals surface area contributed by atoms with Crippen LogP contribution in [0.1, 0.15) is 5.56 Å². The third-order valence-electron chi connectivity index (χ3n) is 2.72. The maximum Gasteiger partial charge on any atom is 0.0660 e. The number of piperazine rings is 1. The van der Waals surface area contributed by atoms with Crippen LogP contribution in [0.4, 0.5) is 0 Å². The first kappa shape index (κ1) is 9.62. The lowest BCUT2D eigenvalue weighted by molar-refractivity contribution is -0.858. The number of nitrogens with one attached hydrogen (secondary N) is 1. The van der Waals surface area contributed by atoms with Crippen LogP contribution in [0.5, 0.6) is 0 Å². The third kappa shape index (κ3) is 2.53. The minimum absolute atomic E-state index is 1.05. The molecule has 3 heteroatoms. The molecule has 14 heavy (non-hydrogen) atoms. The number of hydrogen-bond donors (Lipinski definition) is 1. The zero-order chi connectivity index (χ0) is 9.80. The van der Waals surface area contributed by atoms with Gasteiger partial charge in [0.25, 0.3) is 0 Å². The van der Waals surface area contributed by atoms with Crippen LogP contribution < -0.4 is 4.90 Å². The van der Waals surface area contributed by atoms with E-state index in [1.807, 2.05) is 12.4 Å². The summed E-state index contributed by atoms with van der Waals surface area (Å²) in [6, 6.07) is 4.17. The van der Waals surface area contributed by atoms with Crippen molar-refractivity contribution in [3.8, 4) is 0 Å². The van der Waals surface area contributed by atoms with Crippen molar-refractivity contribution in [1.82, 2.24) is 9.88 Å². The predicted molar refractivity (Wildman–Crippen MR) is 55.6 cm³/mol. The summed E-state index contributed by atoms with van der Waals surface area (Å²) in [5.41, 5.74) is 1.35. The first-order valence-electron chi connectivity index (χ1n) is 5.12. The number of rotatable bonds is 2. The molecular weight excluding hydrogens is 174 g/mol. The highest BCUT2D eigenvalue weighted by Gasteiger charge is 2.13. The second kappa shape index (κ2) is 4.53. The molecule has 2 rings (SSSR count). The molecule has 1 aliphatic rings. The van der Waals surface area contributed by atoms with Crippen LogP contribution in [0.3, 0.4) is 0 Å². The lowest BCUT2D eigenvalue weighted by Crippen LogP contribution is -3.09. The average Bonchev–Trinajstić information content (AvgIpc) is 2.23. The monoisotopic (exact) mass is 191 g/mol. The minimum Gasteiger partial charge on any atom is -0.466 e. The summed E-state index contributed by atoms with van der Waals surface area (Å²) >= 11 is 0. The molecule has 1 N–H and O–H groups in total. The van der Waals surface area contributed by atoms with Crippen LogP contribution in [-0.2, 0) is 6.54 Å². The molecule has 0 amide bonds. The van der Waals surface area contributed by atoms with E-state index in [0.717, 1.165) is 32.7 Å². The SMILES string of the molecule is [CH2-][NH+]1CCN(Cc2ccncc2)CC1. The van der Waals surface area contributed by atoms with Gasteiger partial charge in [-0.05, 0) is 17.7 Å². The van der Waals surface area contributed by atoms with Crippen LogP contribution in [0.2, 0.25) is 0 Å². The minimum atomic E-state index is 1.05. The van der Waals surface area contributed by atoms with E-state index in [1.165, 1.54) is 10.5 Å². The van der Waals surface area contributed by atoms with Crippen molar-refractivity contribution < 1.29 is 4.90 Å². The summed E-state index contributed by atoms with van der Waals surface area (Å²) in [6.07, 6.45) is 3.72. The number of nitrogens with zero attached hydrogens (tertiary/aromatic N) is 2. The average molecular weight is 191 g/mol. The van der Waals surface area contributed by atoms with Crippen molar-refractivity contribution in [3.05, 3.63) is 37.1 Å². The quantitative estimate of drug-likeness (QED) is 0.641. The van der Waals surface area contributed by atoms with Gasteiger partial charge in [-0.2, -0.15) is 7.05 Å². The van der Waals surface area contributed by atoms with Crippen LogP contribution >= 0.6 is 0 Å². The van der Waals surface area contributed by atoms with Gasteiger partial charge in [-0.3, -0.25) is 9.88 Å². The topological polar surface area (TPSA) is 20.6 Å². The van der Waals surface area contributed by atoms with Crippen molar-refractivity contribution in [2.75, 3.05) is 26.2 Å². The highest BCUT2D eigenvalue weighted by atomic mass is 15.2. The van der Waals surface area contributed by atoms with Gasteiger partial charge >= 0.3 is 0 Å². The Kier molecular flexibility index (Phi) is 3.11. The molecule has 1 aromatic heterocycles. The molecule has 0 radical (unpaired) electrons. The molecule has 0 spiro atoms. The normalized spacial score (nSPS) is 19.8. The third-order valence-corrected chi connectivity index (χ3v) is 2.72. The van der Waals surface area contributed by atoms with Crippen molar-refractivity contribution in [2.24, 2.45) is 0 Å². The molecule has 2 heterocycles. The Morgan fingerprint density at radius 1 is 1.29 bits per heavy atom. The van der Waals surface area contributed by atoms with Crippen molar-refractivity contribution in [1.29, 1.82) is 0 Å². The van der Waals surface area contributed by atoms with Crippen LogP contribution in [-0.4, -0.2) is 36.1 Å². The Labute approximate surface area is 85.4 Å².